The molecule has 0 heterocycles. The predicted octanol–water partition coefficient (Wildman–Crippen LogP) is 6.00. The van der Waals surface area contributed by atoms with E-state index in [9.17, 15) is 4.79 Å². The molecule has 0 amide bonds. The Kier molecular flexibility index (Phi) is 5.32. The first-order valence-corrected chi connectivity index (χ1v) is 10.0. The van der Waals surface area contributed by atoms with Gasteiger partial charge in [0.2, 0.25) is 0 Å². The van der Waals surface area contributed by atoms with Crippen molar-refractivity contribution in [3.05, 3.63) is 89.0 Å². The molecule has 1 N–H and O–H groups in total. The van der Waals surface area contributed by atoms with E-state index in [4.69, 9.17) is 9.47 Å². The molecule has 3 aromatic rings. The lowest BCUT2D eigenvalue weighted by Gasteiger charge is -2.14. The van der Waals surface area contributed by atoms with Crippen LogP contribution in [0.25, 0.3) is 11.3 Å². The number of allylic oxidation sites excluding steroid dienone is 1. The molecule has 4 nitrogen and oxygen atoms in total. The number of carbonyl (C=O) groups is 1. The fourth-order valence-electron chi connectivity index (χ4n) is 3.77. The van der Waals surface area contributed by atoms with Crippen LogP contribution in [-0.2, 0) is 0 Å². The number of nitrogens with one attached hydrogen (secondary N) is 1. The van der Waals surface area contributed by atoms with Gasteiger partial charge in [-0.2, -0.15) is 0 Å². The molecule has 0 saturated carbocycles. The van der Waals surface area contributed by atoms with Gasteiger partial charge in [-0.05, 0) is 41.3 Å². The monoisotopic (exact) mass is 399 g/mol. The third kappa shape index (κ3) is 3.45. The summed E-state index contributed by atoms with van der Waals surface area (Å²) in [5, 5.41) is 3.49. The van der Waals surface area contributed by atoms with Crippen molar-refractivity contribution in [3.8, 4) is 11.5 Å². The highest BCUT2D eigenvalue weighted by atomic mass is 16.5. The Labute approximate surface area is 177 Å². The van der Waals surface area contributed by atoms with Gasteiger partial charge in [0.1, 0.15) is 0 Å². The first-order valence-electron chi connectivity index (χ1n) is 10.0. The van der Waals surface area contributed by atoms with Crippen molar-refractivity contribution in [1.82, 2.24) is 0 Å². The van der Waals surface area contributed by atoms with Crippen LogP contribution in [0, 0.1) is 0 Å². The summed E-state index contributed by atoms with van der Waals surface area (Å²) < 4.78 is 10.8. The summed E-state index contributed by atoms with van der Waals surface area (Å²) >= 11 is 0. The number of hydrogen-bond acceptors (Lipinski definition) is 4. The molecule has 3 aromatic carbocycles. The Morgan fingerprint density at radius 2 is 1.47 bits per heavy atom. The Bertz CT molecular complexity index is 1130. The van der Waals surface area contributed by atoms with E-state index in [-0.39, 0.29) is 5.78 Å². The van der Waals surface area contributed by atoms with E-state index in [0.717, 1.165) is 22.5 Å². The number of anilines is 1. The minimum atomic E-state index is -0.000814. The molecule has 0 aromatic heterocycles. The number of ketones is 1. The molecule has 0 radical (unpaired) electrons. The smallest absolute Gasteiger partial charge is 0.196 e. The molecule has 0 unspecified atom stereocenters. The Balaban J connectivity index is 1.83. The Morgan fingerprint density at radius 1 is 0.800 bits per heavy atom. The lowest BCUT2D eigenvalue weighted by atomic mass is 10.0. The van der Waals surface area contributed by atoms with Gasteiger partial charge in [0, 0.05) is 16.8 Å². The lowest BCUT2D eigenvalue weighted by molar-refractivity contribution is 0.105. The molecular weight excluding hydrogens is 374 g/mol. The fourth-order valence-corrected chi connectivity index (χ4v) is 3.77. The summed E-state index contributed by atoms with van der Waals surface area (Å²) in [6, 6.07) is 21.6. The van der Waals surface area contributed by atoms with Crippen molar-refractivity contribution in [2.24, 2.45) is 0 Å². The molecule has 152 valence electrons. The molecule has 4 heteroatoms. The average Bonchev–Trinajstić information content (AvgIpc) is 3.05. The highest BCUT2D eigenvalue weighted by molar-refractivity contribution is 6.40. The number of ether oxygens (including phenoxy) is 2. The van der Waals surface area contributed by atoms with E-state index < -0.39 is 0 Å². The molecule has 0 bridgehead atoms. The van der Waals surface area contributed by atoms with E-state index in [1.807, 2.05) is 42.5 Å². The first-order chi connectivity index (χ1) is 14.5. The van der Waals surface area contributed by atoms with Crippen LogP contribution in [0.3, 0.4) is 0 Å². The number of fused-ring (bicyclic) bond motifs is 1. The summed E-state index contributed by atoms with van der Waals surface area (Å²) in [4.78, 5) is 13.3. The van der Waals surface area contributed by atoms with Crippen LogP contribution >= 0.6 is 0 Å². The van der Waals surface area contributed by atoms with Gasteiger partial charge >= 0.3 is 0 Å². The molecule has 30 heavy (non-hydrogen) atoms. The van der Waals surface area contributed by atoms with Gasteiger partial charge in [0.25, 0.3) is 0 Å². The maximum atomic E-state index is 13.3. The van der Waals surface area contributed by atoms with E-state index >= 15 is 0 Å². The van der Waals surface area contributed by atoms with Gasteiger partial charge in [0.05, 0.1) is 25.5 Å². The summed E-state index contributed by atoms with van der Waals surface area (Å²) in [6.45, 7) is 4.35. The number of hydrogen-bond donors (Lipinski definition) is 1. The number of carbonyl (C=O) groups excluding carboxylic acids is 1. The van der Waals surface area contributed by atoms with Crippen LogP contribution in [-0.4, -0.2) is 20.0 Å². The number of methoxy groups -OCH3 is 2. The Morgan fingerprint density at radius 3 is 2.10 bits per heavy atom. The molecule has 0 atom stereocenters. The van der Waals surface area contributed by atoms with E-state index in [1.54, 1.807) is 14.2 Å². The summed E-state index contributed by atoms with van der Waals surface area (Å²) in [7, 11) is 3.19. The second kappa shape index (κ2) is 8.07. The summed E-state index contributed by atoms with van der Waals surface area (Å²) in [6.07, 6.45) is 0. The lowest BCUT2D eigenvalue weighted by Crippen LogP contribution is -2.02. The third-order valence-electron chi connectivity index (χ3n) is 5.44. The van der Waals surface area contributed by atoms with Crippen molar-refractivity contribution in [2.45, 2.75) is 19.8 Å². The first kappa shape index (κ1) is 19.8. The van der Waals surface area contributed by atoms with Gasteiger partial charge < -0.3 is 14.8 Å². The largest absolute Gasteiger partial charge is 0.493 e. The van der Waals surface area contributed by atoms with Crippen molar-refractivity contribution in [1.29, 1.82) is 0 Å². The molecule has 0 aliphatic heterocycles. The van der Waals surface area contributed by atoms with Gasteiger partial charge in [-0.1, -0.05) is 56.3 Å². The number of benzene rings is 3. The van der Waals surface area contributed by atoms with Crippen LogP contribution in [0.5, 0.6) is 11.5 Å². The molecule has 0 fully saturated rings. The second-order valence-corrected chi connectivity index (χ2v) is 7.60. The maximum absolute atomic E-state index is 13.3. The molecule has 1 aliphatic rings. The van der Waals surface area contributed by atoms with Gasteiger partial charge in [-0.25, -0.2) is 0 Å². The van der Waals surface area contributed by atoms with Crippen LogP contribution in [0.4, 0.5) is 5.69 Å². The van der Waals surface area contributed by atoms with Crippen molar-refractivity contribution in [3.63, 3.8) is 0 Å². The van der Waals surface area contributed by atoms with Gasteiger partial charge in [-0.3, -0.25) is 4.79 Å². The molecular formula is C26H25NO3. The second-order valence-electron chi connectivity index (χ2n) is 7.60. The molecule has 1 aliphatic carbocycles. The quantitative estimate of drug-likeness (QED) is 0.552. The summed E-state index contributed by atoms with van der Waals surface area (Å²) in [5.74, 6) is 1.68. The highest BCUT2D eigenvalue weighted by Gasteiger charge is 2.31. The SMILES string of the molecule is COc1ccc(C2=C(Nc3ccc(C(C)C)cc3)c3ccccc3C2=O)cc1OC. The third-order valence-corrected chi connectivity index (χ3v) is 5.44. The summed E-state index contributed by atoms with van der Waals surface area (Å²) in [5.41, 5.74) is 6.04. The average molecular weight is 399 g/mol. The zero-order chi connectivity index (χ0) is 21.3. The van der Waals surface area contributed by atoms with Crippen LogP contribution in [0.2, 0.25) is 0 Å². The zero-order valence-corrected chi connectivity index (χ0v) is 17.7. The van der Waals surface area contributed by atoms with Crippen LogP contribution in [0.15, 0.2) is 66.7 Å². The maximum Gasteiger partial charge on any atom is 0.196 e. The van der Waals surface area contributed by atoms with Gasteiger partial charge in [0.15, 0.2) is 17.3 Å². The molecule has 4 rings (SSSR count). The minimum Gasteiger partial charge on any atom is -0.493 e. The standard InChI is InChI=1S/C26H25NO3/c1-16(2)17-9-12-19(13-10-17)27-25-20-7-5-6-8-21(20)26(28)24(25)18-11-14-22(29-3)23(15-18)30-4/h5-16,27H,1-4H3. The zero-order valence-electron chi connectivity index (χ0n) is 17.7. The minimum absolute atomic E-state index is 0.000814. The van der Waals surface area contributed by atoms with Crippen LogP contribution in [0.1, 0.15) is 46.8 Å². The van der Waals surface area contributed by atoms with E-state index in [2.05, 4.69) is 43.4 Å². The molecule has 0 spiro atoms. The van der Waals surface area contributed by atoms with Crippen molar-refractivity contribution in [2.75, 3.05) is 19.5 Å². The van der Waals surface area contributed by atoms with Gasteiger partial charge in [-0.15, -0.1) is 0 Å². The number of rotatable bonds is 6. The number of Topliss-reactive ketones (excluding diaryl/α,β-unsaturated/α-hetero) is 1. The van der Waals surface area contributed by atoms with E-state index in [1.165, 1.54) is 5.56 Å². The van der Waals surface area contributed by atoms with Crippen molar-refractivity contribution < 1.29 is 14.3 Å². The fraction of sp³-hybridized carbons (Fsp3) is 0.192. The van der Waals surface area contributed by atoms with E-state index in [0.29, 0.717) is 28.6 Å². The Hall–Kier alpha value is -3.53. The van der Waals surface area contributed by atoms with Crippen LogP contribution < -0.4 is 14.8 Å². The molecule has 0 saturated heterocycles. The van der Waals surface area contributed by atoms with Crippen molar-refractivity contribution >= 4 is 22.7 Å². The predicted molar refractivity (Wildman–Crippen MR) is 121 cm³/mol. The topological polar surface area (TPSA) is 47.6 Å². The normalized spacial score (nSPS) is 12.9. The highest BCUT2D eigenvalue weighted by Crippen LogP contribution is 2.41.